The topological polar surface area (TPSA) is 82.1 Å². The lowest BCUT2D eigenvalue weighted by Gasteiger charge is -2.20. The normalized spacial score (nSPS) is 13.9. The highest BCUT2D eigenvalue weighted by Crippen LogP contribution is 2.18. The van der Waals surface area contributed by atoms with Crippen LogP contribution in [0.15, 0.2) is 0 Å². The second kappa shape index (κ2) is 9.85. The molecule has 0 fully saturated rings. The number of rotatable bonds is 10. The largest absolute Gasteiger partial charge is 0.481 e. The molecule has 2 atom stereocenters. The maximum absolute atomic E-state index is 11.8. The molecule has 0 radical (unpaired) electrons. The molecule has 106 valence electrons. The summed E-state index contributed by atoms with van der Waals surface area (Å²) in [5, 5.41) is 8.79. The molecule has 0 aliphatic heterocycles. The first-order valence-corrected chi connectivity index (χ1v) is 5.98. The van der Waals surface area contributed by atoms with Gasteiger partial charge in [0.15, 0.2) is 0 Å². The monoisotopic (exact) mass is 262 g/mol. The van der Waals surface area contributed by atoms with Crippen molar-refractivity contribution in [2.24, 2.45) is 11.8 Å². The molecule has 0 saturated carbocycles. The summed E-state index contributed by atoms with van der Waals surface area (Å²) in [4.78, 5) is 22.5. The maximum atomic E-state index is 11.8. The lowest BCUT2D eigenvalue weighted by atomic mass is 9.91. The van der Waals surface area contributed by atoms with Crippen LogP contribution in [0.5, 0.6) is 0 Å². The molecule has 0 aromatic rings. The zero-order chi connectivity index (χ0) is 14.0. The maximum Gasteiger partial charge on any atom is 0.309 e. The summed E-state index contributed by atoms with van der Waals surface area (Å²) >= 11 is 0. The number of esters is 1. The molecule has 2 unspecified atom stereocenters. The van der Waals surface area contributed by atoms with Gasteiger partial charge in [0.2, 0.25) is 0 Å². The Balaban J connectivity index is 4.26. The van der Waals surface area contributed by atoms with Gasteiger partial charge in [-0.25, -0.2) is 0 Å². The van der Waals surface area contributed by atoms with Gasteiger partial charge < -0.3 is 19.3 Å². The third-order valence-electron chi connectivity index (χ3n) is 2.49. The van der Waals surface area contributed by atoms with E-state index in [0.717, 1.165) is 0 Å². The Morgan fingerprint density at radius 2 is 1.94 bits per heavy atom. The van der Waals surface area contributed by atoms with Crippen molar-refractivity contribution in [2.45, 2.75) is 20.3 Å². The van der Waals surface area contributed by atoms with Crippen molar-refractivity contribution in [3.8, 4) is 0 Å². The Kier molecular flexibility index (Phi) is 9.22. The molecule has 0 aliphatic carbocycles. The van der Waals surface area contributed by atoms with Crippen molar-refractivity contribution in [1.29, 1.82) is 0 Å². The standard InChI is InChI=1S/C12H22O6/c1-4-17-5-6-18-12(15)10(7-11(13)14)9(2)8-16-3/h9-10H,4-8H2,1-3H3,(H,13,14). The number of hydrogen-bond acceptors (Lipinski definition) is 5. The van der Waals surface area contributed by atoms with Gasteiger partial charge in [-0.15, -0.1) is 0 Å². The number of hydrogen-bond donors (Lipinski definition) is 1. The van der Waals surface area contributed by atoms with Crippen molar-refractivity contribution in [1.82, 2.24) is 0 Å². The summed E-state index contributed by atoms with van der Waals surface area (Å²) in [6.45, 7) is 4.94. The molecule has 0 bridgehead atoms. The van der Waals surface area contributed by atoms with E-state index in [1.807, 2.05) is 6.92 Å². The van der Waals surface area contributed by atoms with Crippen molar-refractivity contribution in [2.75, 3.05) is 33.5 Å². The predicted molar refractivity (Wildman–Crippen MR) is 64.2 cm³/mol. The molecule has 0 spiro atoms. The summed E-state index contributed by atoms with van der Waals surface area (Å²) in [7, 11) is 1.51. The third-order valence-corrected chi connectivity index (χ3v) is 2.49. The fourth-order valence-corrected chi connectivity index (χ4v) is 1.54. The van der Waals surface area contributed by atoms with Crippen LogP contribution in [-0.2, 0) is 23.8 Å². The highest BCUT2D eigenvalue weighted by Gasteiger charge is 2.29. The molecular weight excluding hydrogens is 240 g/mol. The van der Waals surface area contributed by atoms with Crippen LogP contribution in [0.3, 0.4) is 0 Å². The summed E-state index contributed by atoms with van der Waals surface area (Å²) in [5.74, 6) is -2.43. The summed E-state index contributed by atoms with van der Waals surface area (Å²) in [6.07, 6.45) is -0.252. The second-order valence-electron chi connectivity index (χ2n) is 4.00. The zero-order valence-electron chi connectivity index (χ0n) is 11.2. The Labute approximate surface area is 107 Å². The SMILES string of the molecule is CCOCCOC(=O)C(CC(=O)O)C(C)COC. The molecular formula is C12H22O6. The van der Waals surface area contributed by atoms with Crippen molar-refractivity contribution in [3.63, 3.8) is 0 Å². The molecule has 6 heteroatoms. The van der Waals surface area contributed by atoms with Crippen molar-refractivity contribution < 1.29 is 28.9 Å². The average Bonchev–Trinajstić information content (AvgIpc) is 2.31. The van der Waals surface area contributed by atoms with Gasteiger partial charge in [-0.05, 0) is 12.8 Å². The second-order valence-corrected chi connectivity index (χ2v) is 4.00. The van der Waals surface area contributed by atoms with Crippen molar-refractivity contribution in [3.05, 3.63) is 0 Å². The van der Waals surface area contributed by atoms with Gasteiger partial charge in [0.05, 0.1) is 18.9 Å². The van der Waals surface area contributed by atoms with Gasteiger partial charge in [-0.2, -0.15) is 0 Å². The third kappa shape index (κ3) is 7.24. The van der Waals surface area contributed by atoms with E-state index < -0.39 is 17.9 Å². The minimum absolute atomic E-state index is 0.141. The van der Waals surface area contributed by atoms with Gasteiger partial charge in [0, 0.05) is 20.3 Å². The van der Waals surface area contributed by atoms with Crippen LogP contribution < -0.4 is 0 Å². The summed E-state index contributed by atoms with van der Waals surface area (Å²) in [5.41, 5.74) is 0. The van der Waals surface area contributed by atoms with Gasteiger partial charge in [-0.3, -0.25) is 9.59 Å². The Bertz CT molecular complexity index is 253. The van der Waals surface area contributed by atoms with Gasteiger partial charge in [0.25, 0.3) is 0 Å². The number of methoxy groups -OCH3 is 1. The molecule has 1 N–H and O–H groups in total. The van der Waals surface area contributed by atoms with Crippen LogP contribution in [-0.4, -0.2) is 50.6 Å². The summed E-state index contributed by atoms with van der Waals surface area (Å²) in [6, 6.07) is 0. The molecule has 0 heterocycles. The highest BCUT2D eigenvalue weighted by atomic mass is 16.6. The fourth-order valence-electron chi connectivity index (χ4n) is 1.54. The smallest absolute Gasteiger partial charge is 0.309 e. The van der Waals surface area contributed by atoms with E-state index >= 15 is 0 Å². The van der Waals surface area contributed by atoms with E-state index in [2.05, 4.69) is 0 Å². The summed E-state index contributed by atoms with van der Waals surface area (Å²) < 4.78 is 15.0. The lowest BCUT2D eigenvalue weighted by molar-refractivity contribution is -0.157. The average molecular weight is 262 g/mol. The predicted octanol–water partition coefficient (Wildman–Crippen LogP) is 0.940. The lowest BCUT2D eigenvalue weighted by Crippen LogP contribution is -2.30. The van der Waals surface area contributed by atoms with E-state index in [1.165, 1.54) is 7.11 Å². The molecule has 0 aromatic carbocycles. The molecule has 18 heavy (non-hydrogen) atoms. The van der Waals surface area contributed by atoms with Crippen LogP contribution in [0.2, 0.25) is 0 Å². The van der Waals surface area contributed by atoms with E-state index in [1.54, 1.807) is 6.92 Å². The number of aliphatic carboxylic acids is 1. The molecule has 0 aliphatic rings. The molecule has 0 aromatic heterocycles. The molecule has 0 amide bonds. The minimum Gasteiger partial charge on any atom is -0.481 e. The van der Waals surface area contributed by atoms with Crippen LogP contribution in [0.4, 0.5) is 0 Å². The van der Waals surface area contributed by atoms with Crippen LogP contribution in [0.25, 0.3) is 0 Å². The highest BCUT2D eigenvalue weighted by molar-refractivity contribution is 5.79. The van der Waals surface area contributed by atoms with E-state index in [0.29, 0.717) is 19.8 Å². The quantitative estimate of drug-likeness (QED) is 0.466. The van der Waals surface area contributed by atoms with E-state index in [9.17, 15) is 9.59 Å². The molecule has 0 saturated heterocycles. The molecule has 6 nitrogen and oxygen atoms in total. The fraction of sp³-hybridized carbons (Fsp3) is 0.833. The Hall–Kier alpha value is -1.14. The Morgan fingerprint density at radius 3 is 2.44 bits per heavy atom. The number of carbonyl (C=O) groups excluding carboxylic acids is 1. The van der Waals surface area contributed by atoms with Gasteiger partial charge in [0.1, 0.15) is 6.61 Å². The molecule has 0 rings (SSSR count). The van der Waals surface area contributed by atoms with E-state index in [4.69, 9.17) is 19.3 Å². The van der Waals surface area contributed by atoms with E-state index in [-0.39, 0.29) is 18.9 Å². The number of ether oxygens (including phenoxy) is 3. The first-order valence-electron chi connectivity index (χ1n) is 5.98. The van der Waals surface area contributed by atoms with Crippen LogP contribution in [0, 0.1) is 11.8 Å². The number of carbonyl (C=O) groups is 2. The van der Waals surface area contributed by atoms with Gasteiger partial charge in [-0.1, -0.05) is 6.92 Å². The number of carboxylic acids is 1. The van der Waals surface area contributed by atoms with Gasteiger partial charge >= 0.3 is 11.9 Å². The number of carboxylic acid groups (broad SMARTS) is 1. The van der Waals surface area contributed by atoms with Crippen LogP contribution in [0.1, 0.15) is 20.3 Å². The van der Waals surface area contributed by atoms with Crippen molar-refractivity contribution >= 4 is 11.9 Å². The zero-order valence-corrected chi connectivity index (χ0v) is 11.2. The Morgan fingerprint density at radius 1 is 1.28 bits per heavy atom. The minimum atomic E-state index is -1.02. The first-order chi connectivity index (χ1) is 8.52. The first kappa shape index (κ1) is 16.9. The van der Waals surface area contributed by atoms with Crippen LogP contribution >= 0.6 is 0 Å².